The third kappa shape index (κ3) is 3.46. The fraction of sp³-hybridized carbons (Fsp3) is 0.0667. The van der Waals surface area contributed by atoms with Crippen LogP contribution >= 0.6 is 12.6 Å². The number of nitrogen functional groups attached to an aromatic ring is 1. The molecule has 1 aromatic heterocycles. The first-order valence-corrected chi connectivity index (χ1v) is 11.7. The van der Waals surface area contributed by atoms with Crippen molar-refractivity contribution in [2.24, 2.45) is 0 Å². The van der Waals surface area contributed by atoms with Gasteiger partial charge < -0.3 is 10.3 Å². The Balaban J connectivity index is 1.45. The number of hydrogen-bond donors (Lipinski definition) is 2. The molecule has 0 fully saturated rings. The van der Waals surface area contributed by atoms with Crippen LogP contribution < -0.4 is 5.73 Å². The summed E-state index contributed by atoms with van der Waals surface area (Å²) in [6, 6.07) is 31.9. The summed E-state index contributed by atoms with van der Waals surface area (Å²) in [5, 5.41) is 2.46. The standard InChI is InChI=1S/C30H24N2S/c31-23-15-16-27-26-12-1-3-13-28(26)32(29(27)19-23)24-10-6-8-21(18-24)20-7-5-9-22(17-20)25-11-2-4-14-30(25)33/h1-16,18-19,22,33H,17,31H2. The Morgan fingerprint density at radius 2 is 1.61 bits per heavy atom. The van der Waals surface area contributed by atoms with E-state index in [-0.39, 0.29) is 0 Å². The van der Waals surface area contributed by atoms with E-state index in [0.29, 0.717) is 5.92 Å². The number of hydrogen-bond acceptors (Lipinski definition) is 2. The molecule has 5 aromatic rings. The topological polar surface area (TPSA) is 30.9 Å². The van der Waals surface area contributed by atoms with Crippen LogP contribution in [-0.4, -0.2) is 4.57 Å². The van der Waals surface area contributed by atoms with Crippen LogP contribution in [-0.2, 0) is 0 Å². The highest BCUT2D eigenvalue weighted by molar-refractivity contribution is 7.80. The Morgan fingerprint density at radius 1 is 0.788 bits per heavy atom. The van der Waals surface area contributed by atoms with Crippen molar-refractivity contribution in [3.63, 3.8) is 0 Å². The zero-order valence-electron chi connectivity index (χ0n) is 18.1. The van der Waals surface area contributed by atoms with Crippen LogP contribution in [0.4, 0.5) is 5.69 Å². The van der Waals surface area contributed by atoms with Gasteiger partial charge >= 0.3 is 0 Å². The largest absolute Gasteiger partial charge is 0.399 e. The van der Waals surface area contributed by atoms with E-state index in [4.69, 9.17) is 18.4 Å². The van der Waals surface area contributed by atoms with Crippen LogP contribution in [0.2, 0.25) is 0 Å². The molecule has 3 heteroatoms. The van der Waals surface area contributed by atoms with Gasteiger partial charge in [0.15, 0.2) is 0 Å². The van der Waals surface area contributed by atoms with E-state index in [0.717, 1.165) is 28.2 Å². The molecule has 2 N–H and O–H groups in total. The van der Waals surface area contributed by atoms with E-state index in [1.165, 1.54) is 33.0 Å². The molecule has 0 spiro atoms. The first-order chi connectivity index (χ1) is 16.2. The van der Waals surface area contributed by atoms with Gasteiger partial charge in [0.05, 0.1) is 11.0 Å². The summed E-state index contributed by atoms with van der Waals surface area (Å²) in [4.78, 5) is 1.05. The highest BCUT2D eigenvalue weighted by Gasteiger charge is 2.18. The average Bonchev–Trinajstić information content (AvgIpc) is 3.18. The van der Waals surface area contributed by atoms with Crippen molar-refractivity contribution in [2.45, 2.75) is 17.2 Å². The van der Waals surface area contributed by atoms with E-state index in [2.05, 4.69) is 102 Å². The number of para-hydroxylation sites is 1. The Labute approximate surface area is 199 Å². The van der Waals surface area contributed by atoms with Gasteiger partial charge in [0.25, 0.3) is 0 Å². The second-order valence-corrected chi connectivity index (χ2v) is 9.11. The summed E-state index contributed by atoms with van der Waals surface area (Å²) in [6.07, 6.45) is 7.65. The molecule has 6 rings (SSSR count). The number of nitrogens with zero attached hydrogens (tertiary/aromatic N) is 1. The number of anilines is 1. The zero-order chi connectivity index (χ0) is 22.4. The summed E-state index contributed by atoms with van der Waals surface area (Å²) in [7, 11) is 0. The van der Waals surface area contributed by atoms with Crippen molar-refractivity contribution in [3.8, 4) is 5.69 Å². The van der Waals surface area contributed by atoms with E-state index in [1.807, 2.05) is 12.1 Å². The van der Waals surface area contributed by atoms with E-state index in [1.54, 1.807) is 0 Å². The molecule has 1 heterocycles. The lowest BCUT2D eigenvalue weighted by Gasteiger charge is -2.21. The van der Waals surface area contributed by atoms with Crippen molar-refractivity contribution < 1.29 is 0 Å². The van der Waals surface area contributed by atoms with Crippen molar-refractivity contribution in [3.05, 3.63) is 120 Å². The van der Waals surface area contributed by atoms with Gasteiger partial charge in [-0.25, -0.2) is 0 Å². The van der Waals surface area contributed by atoms with Gasteiger partial charge in [-0.05, 0) is 59.5 Å². The Kier molecular flexibility index (Phi) is 4.85. The number of thiol groups is 1. The molecule has 0 saturated heterocycles. The Bertz CT molecular complexity index is 1570. The second-order valence-electron chi connectivity index (χ2n) is 8.63. The van der Waals surface area contributed by atoms with Crippen molar-refractivity contribution in [1.29, 1.82) is 0 Å². The maximum absolute atomic E-state index is 6.19. The minimum absolute atomic E-state index is 0.329. The molecule has 0 radical (unpaired) electrons. The third-order valence-electron chi connectivity index (χ3n) is 6.59. The first-order valence-electron chi connectivity index (χ1n) is 11.2. The first kappa shape index (κ1) is 20.0. The number of allylic oxidation sites excluding steroid dienone is 4. The Hall–Kier alpha value is -3.69. The lowest BCUT2D eigenvalue weighted by atomic mass is 9.85. The third-order valence-corrected chi connectivity index (χ3v) is 7.00. The molecular weight excluding hydrogens is 420 g/mol. The van der Waals surface area contributed by atoms with Crippen LogP contribution in [0.3, 0.4) is 0 Å². The molecule has 1 aliphatic rings. The molecule has 1 atom stereocenters. The molecule has 160 valence electrons. The second kappa shape index (κ2) is 8.02. The maximum atomic E-state index is 6.19. The number of nitrogens with two attached hydrogens (primary N) is 1. The summed E-state index contributed by atoms with van der Waals surface area (Å²) >= 11 is 4.69. The molecule has 1 unspecified atom stereocenters. The Morgan fingerprint density at radius 3 is 2.52 bits per heavy atom. The zero-order valence-corrected chi connectivity index (χ0v) is 19.0. The predicted octanol–water partition coefficient (Wildman–Crippen LogP) is 7.78. The fourth-order valence-corrected chi connectivity index (χ4v) is 5.34. The van der Waals surface area contributed by atoms with Gasteiger partial charge in [-0.15, -0.1) is 12.6 Å². The van der Waals surface area contributed by atoms with E-state index < -0.39 is 0 Å². The van der Waals surface area contributed by atoms with Gasteiger partial charge in [0.1, 0.15) is 0 Å². The van der Waals surface area contributed by atoms with Crippen LogP contribution in [0.15, 0.2) is 114 Å². The molecule has 0 aliphatic heterocycles. The maximum Gasteiger partial charge on any atom is 0.0561 e. The van der Waals surface area contributed by atoms with Crippen LogP contribution in [0, 0.1) is 0 Å². The van der Waals surface area contributed by atoms with Gasteiger partial charge in [-0.2, -0.15) is 0 Å². The minimum atomic E-state index is 0.329. The van der Waals surface area contributed by atoms with Crippen molar-refractivity contribution in [1.82, 2.24) is 4.57 Å². The molecule has 1 aliphatic carbocycles. The molecule has 2 nitrogen and oxygen atoms in total. The highest BCUT2D eigenvalue weighted by atomic mass is 32.1. The number of aromatic nitrogens is 1. The van der Waals surface area contributed by atoms with E-state index >= 15 is 0 Å². The van der Waals surface area contributed by atoms with Crippen LogP contribution in [0.5, 0.6) is 0 Å². The average molecular weight is 445 g/mol. The lowest BCUT2D eigenvalue weighted by Crippen LogP contribution is -2.02. The van der Waals surface area contributed by atoms with Crippen LogP contribution in [0.25, 0.3) is 33.1 Å². The summed E-state index contributed by atoms with van der Waals surface area (Å²) in [6.45, 7) is 0. The molecule has 0 saturated carbocycles. The lowest BCUT2D eigenvalue weighted by molar-refractivity contribution is 0.846. The fourth-order valence-electron chi connectivity index (χ4n) is 5.02. The minimum Gasteiger partial charge on any atom is -0.399 e. The van der Waals surface area contributed by atoms with Crippen LogP contribution in [0.1, 0.15) is 23.5 Å². The number of benzene rings is 4. The summed E-state index contributed by atoms with van der Waals surface area (Å²) in [5.41, 5.74) is 14.3. The normalized spacial score (nSPS) is 15.8. The number of rotatable bonds is 3. The predicted molar refractivity (Wildman–Crippen MR) is 143 cm³/mol. The molecule has 0 amide bonds. The monoisotopic (exact) mass is 444 g/mol. The van der Waals surface area contributed by atoms with Crippen molar-refractivity contribution >= 4 is 45.7 Å². The van der Waals surface area contributed by atoms with E-state index in [9.17, 15) is 0 Å². The quantitative estimate of drug-likeness (QED) is 0.216. The molecule has 4 aromatic carbocycles. The van der Waals surface area contributed by atoms with Gasteiger partial charge in [0.2, 0.25) is 0 Å². The molecular formula is C30H24N2S. The van der Waals surface area contributed by atoms with Gasteiger partial charge in [0, 0.05) is 33.0 Å². The number of fused-ring (bicyclic) bond motifs is 3. The van der Waals surface area contributed by atoms with Crippen molar-refractivity contribution in [2.75, 3.05) is 5.73 Å². The highest BCUT2D eigenvalue weighted by Crippen LogP contribution is 2.38. The molecule has 0 bridgehead atoms. The smallest absolute Gasteiger partial charge is 0.0561 e. The summed E-state index contributed by atoms with van der Waals surface area (Å²) in [5.74, 6) is 0.329. The SMILES string of the molecule is Nc1ccc2c3ccccc3n(-c3cccc(C4=CC=CC(c5ccccc5S)C4)c3)c2c1. The molecule has 33 heavy (non-hydrogen) atoms. The van der Waals surface area contributed by atoms with Gasteiger partial charge in [-0.3, -0.25) is 0 Å². The summed E-state index contributed by atoms with van der Waals surface area (Å²) < 4.78 is 2.32. The van der Waals surface area contributed by atoms with Gasteiger partial charge in [-0.1, -0.05) is 72.8 Å².